The number of rotatable bonds is 5. The second kappa shape index (κ2) is 7.80. The Kier molecular flexibility index (Phi) is 4.97. The van der Waals surface area contributed by atoms with Crippen LogP contribution in [0.2, 0.25) is 0 Å². The molecule has 1 aliphatic rings. The van der Waals surface area contributed by atoms with Crippen molar-refractivity contribution in [2.24, 2.45) is 5.92 Å². The van der Waals surface area contributed by atoms with Gasteiger partial charge in [-0.05, 0) is 65.4 Å². The van der Waals surface area contributed by atoms with Crippen molar-refractivity contribution in [2.45, 2.75) is 39.3 Å². The minimum absolute atomic E-state index is 0.0378. The lowest BCUT2D eigenvalue weighted by Gasteiger charge is -2.17. The second-order valence-electron chi connectivity index (χ2n) is 7.59. The topological polar surface area (TPSA) is 87.7 Å². The van der Waals surface area contributed by atoms with Gasteiger partial charge in [0.1, 0.15) is 10.6 Å². The van der Waals surface area contributed by atoms with Crippen LogP contribution in [-0.2, 0) is 19.4 Å². The average molecular weight is 444 g/mol. The Bertz CT molecular complexity index is 1300. The van der Waals surface area contributed by atoms with Crippen LogP contribution in [0.1, 0.15) is 29.6 Å². The Labute approximate surface area is 179 Å². The lowest BCUT2D eigenvalue weighted by Crippen LogP contribution is -2.23. The van der Waals surface area contributed by atoms with Gasteiger partial charge in [-0.1, -0.05) is 6.92 Å². The smallest absolute Gasteiger partial charge is 0.387 e. The number of benzene rings is 1. The van der Waals surface area contributed by atoms with E-state index in [1.54, 1.807) is 23.5 Å². The number of hydrogen-bond acceptors (Lipinski definition) is 7. The monoisotopic (exact) mass is 444 g/mol. The number of thiophene rings is 1. The van der Waals surface area contributed by atoms with Crippen molar-refractivity contribution < 1.29 is 13.5 Å². The Morgan fingerprint density at radius 3 is 2.87 bits per heavy atom. The van der Waals surface area contributed by atoms with Crippen molar-refractivity contribution in [3.05, 3.63) is 57.2 Å². The largest absolute Gasteiger partial charge is 0.435 e. The molecule has 0 spiro atoms. The summed E-state index contributed by atoms with van der Waals surface area (Å²) in [7, 11) is 0. The van der Waals surface area contributed by atoms with E-state index in [2.05, 4.69) is 32.2 Å². The molecule has 0 aliphatic heterocycles. The summed E-state index contributed by atoms with van der Waals surface area (Å²) >= 11 is 1.60. The van der Waals surface area contributed by atoms with Crippen LogP contribution in [-0.4, -0.2) is 36.4 Å². The molecule has 11 heteroatoms. The summed E-state index contributed by atoms with van der Waals surface area (Å²) < 4.78 is 32.0. The summed E-state index contributed by atoms with van der Waals surface area (Å²) in [6.45, 7) is -0.536. The Balaban J connectivity index is 1.47. The van der Waals surface area contributed by atoms with Gasteiger partial charge in [-0.3, -0.25) is 9.36 Å². The van der Waals surface area contributed by atoms with Crippen molar-refractivity contribution in [3.8, 4) is 11.4 Å². The molecule has 0 bridgehead atoms. The molecule has 0 saturated carbocycles. The summed E-state index contributed by atoms with van der Waals surface area (Å²) in [5.74, 6) is 1.07. The first kappa shape index (κ1) is 19.7. The zero-order valence-electron chi connectivity index (χ0n) is 16.5. The maximum absolute atomic E-state index is 13.2. The van der Waals surface area contributed by atoms with Gasteiger partial charge in [0.2, 0.25) is 0 Å². The highest BCUT2D eigenvalue weighted by atomic mass is 32.1. The fraction of sp³-hybridized carbons (Fsp3) is 0.350. The third-order valence-corrected chi connectivity index (χ3v) is 6.60. The highest BCUT2D eigenvalue weighted by Crippen LogP contribution is 2.35. The molecule has 3 aromatic heterocycles. The van der Waals surface area contributed by atoms with Gasteiger partial charge in [-0.2, -0.15) is 13.5 Å². The molecule has 160 valence electrons. The number of halogens is 2. The minimum atomic E-state index is -2.89. The maximum atomic E-state index is 13.2. The molecule has 1 unspecified atom stereocenters. The van der Waals surface area contributed by atoms with Gasteiger partial charge >= 0.3 is 6.61 Å². The summed E-state index contributed by atoms with van der Waals surface area (Å²) in [4.78, 5) is 19.8. The van der Waals surface area contributed by atoms with E-state index < -0.39 is 6.61 Å². The molecule has 8 nitrogen and oxygen atoms in total. The van der Waals surface area contributed by atoms with Crippen molar-refractivity contribution in [3.63, 3.8) is 0 Å². The number of aryl methyl sites for hydroxylation is 1. The van der Waals surface area contributed by atoms with Crippen LogP contribution in [0.5, 0.6) is 5.75 Å². The van der Waals surface area contributed by atoms with Crippen LogP contribution in [0.4, 0.5) is 8.78 Å². The van der Waals surface area contributed by atoms with Gasteiger partial charge in [0.25, 0.3) is 5.56 Å². The first-order chi connectivity index (χ1) is 15.0. The molecule has 5 rings (SSSR count). The fourth-order valence-electron chi connectivity index (χ4n) is 3.90. The number of alkyl halides is 2. The molecule has 0 N–H and O–H groups in total. The van der Waals surface area contributed by atoms with Gasteiger partial charge in [-0.15, -0.1) is 16.4 Å². The normalized spacial score (nSPS) is 16.1. The van der Waals surface area contributed by atoms with Crippen molar-refractivity contribution >= 4 is 21.6 Å². The lowest BCUT2D eigenvalue weighted by atomic mass is 9.89. The molecule has 0 fully saturated rings. The highest BCUT2D eigenvalue weighted by molar-refractivity contribution is 7.18. The van der Waals surface area contributed by atoms with E-state index in [0.717, 1.165) is 29.7 Å². The van der Waals surface area contributed by atoms with Gasteiger partial charge in [-0.25, -0.2) is 4.98 Å². The Hall–Kier alpha value is -3.21. The maximum Gasteiger partial charge on any atom is 0.387 e. The third-order valence-electron chi connectivity index (χ3n) is 5.43. The number of tetrazole rings is 1. The minimum Gasteiger partial charge on any atom is -0.435 e. The van der Waals surface area contributed by atoms with E-state index in [0.29, 0.717) is 22.8 Å². The molecular formula is C20H18F2N6O2S. The number of aromatic nitrogens is 6. The molecule has 0 amide bonds. The van der Waals surface area contributed by atoms with Crippen molar-refractivity contribution in [1.29, 1.82) is 0 Å². The van der Waals surface area contributed by atoms with Crippen LogP contribution in [0.15, 0.2) is 35.4 Å². The van der Waals surface area contributed by atoms with Gasteiger partial charge in [0.15, 0.2) is 5.82 Å². The van der Waals surface area contributed by atoms with E-state index in [1.807, 2.05) is 0 Å². The van der Waals surface area contributed by atoms with E-state index in [4.69, 9.17) is 0 Å². The number of ether oxygens (including phenoxy) is 1. The van der Waals surface area contributed by atoms with Crippen LogP contribution >= 0.6 is 11.3 Å². The first-order valence-corrected chi connectivity index (χ1v) is 10.6. The van der Waals surface area contributed by atoms with E-state index in [9.17, 15) is 13.6 Å². The van der Waals surface area contributed by atoms with Crippen LogP contribution in [0, 0.1) is 5.92 Å². The summed E-state index contributed by atoms with van der Waals surface area (Å²) in [6.07, 6.45) is 4.47. The van der Waals surface area contributed by atoms with Crippen molar-refractivity contribution in [2.75, 3.05) is 0 Å². The van der Waals surface area contributed by atoms with E-state index in [1.165, 1.54) is 32.6 Å². The predicted octanol–water partition coefficient (Wildman–Crippen LogP) is 3.21. The lowest BCUT2D eigenvalue weighted by molar-refractivity contribution is -0.0498. The molecule has 1 aliphatic carbocycles. The van der Waals surface area contributed by atoms with E-state index >= 15 is 0 Å². The third kappa shape index (κ3) is 3.69. The molecule has 1 atom stereocenters. The predicted molar refractivity (Wildman–Crippen MR) is 110 cm³/mol. The SMILES string of the molecule is CC1CCc2c(sc3ncn(Cc4nnnn4-c4ccc(OC(F)F)cc4)c(=O)c23)C1. The van der Waals surface area contributed by atoms with Gasteiger partial charge < -0.3 is 4.74 Å². The molecule has 4 aromatic rings. The summed E-state index contributed by atoms with van der Waals surface area (Å²) in [5, 5.41) is 12.4. The van der Waals surface area contributed by atoms with Gasteiger partial charge in [0, 0.05) is 4.88 Å². The number of fused-ring (bicyclic) bond motifs is 3. The molecule has 0 saturated heterocycles. The van der Waals surface area contributed by atoms with Crippen LogP contribution in [0.25, 0.3) is 15.9 Å². The Morgan fingerprint density at radius 1 is 1.29 bits per heavy atom. The Morgan fingerprint density at radius 2 is 2.10 bits per heavy atom. The molecule has 31 heavy (non-hydrogen) atoms. The van der Waals surface area contributed by atoms with Gasteiger partial charge in [0.05, 0.1) is 23.9 Å². The number of hydrogen-bond donors (Lipinski definition) is 0. The molecule has 1 aromatic carbocycles. The zero-order valence-corrected chi connectivity index (χ0v) is 17.4. The highest BCUT2D eigenvalue weighted by Gasteiger charge is 2.23. The zero-order chi connectivity index (χ0) is 21.5. The molecule has 0 radical (unpaired) electrons. The standard InChI is InChI=1S/C20H18F2N6O2S/c1-11-2-7-14-15(8-11)31-18-17(14)19(29)27(10-23-18)9-16-24-25-26-28(16)12-3-5-13(6-4-12)30-20(21)22/h3-6,10-11,20H,2,7-9H2,1H3. The summed E-state index contributed by atoms with van der Waals surface area (Å²) in [5.41, 5.74) is 1.58. The quantitative estimate of drug-likeness (QED) is 0.470. The second-order valence-corrected chi connectivity index (χ2v) is 8.67. The average Bonchev–Trinajstić information content (AvgIpc) is 3.34. The van der Waals surface area contributed by atoms with Crippen LogP contribution < -0.4 is 10.3 Å². The first-order valence-electron chi connectivity index (χ1n) is 9.82. The fourth-order valence-corrected chi connectivity index (χ4v) is 5.25. The van der Waals surface area contributed by atoms with E-state index in [-0.39, 0.29) is 17.9 Å². The summed E-state index contributed by atoms with van der Waals surface area (Å²) in [6, 6.07) is 5.95. The number of nitrogens with zero attached hydrogens (tertiary/aromatic N) is 6. The van der Waals surface area contributed by atoms with Crippen molar-refractivity contribution in [1.82, 2.24) is 29.8 Å². The van der Waals surface area contributed by atoms with Crippen LogP contribution in [0.3, 0.4) is 0 Å². The molecular weight excluding hydrogens is 426 g/mol. The molecule has 3 heterocycles.